The van der Waals surface area contributed by atoms with E-state index >= 15 is 0 Å². The molecule has 9 nitrogen and oxygen atoms in total. The summed E-state index contributed by atoms with van der Waals surface area (Å²) in [6.07, 6.45) is 5.82. The van der Waals surface area contributed by atoms with Crippen molar-refractivity contribution in [1.29, 1.82) is 0 Å². The largest absolute Gasteiger partial charge is 0.478 e. The molecule has 1 aliphatic carbocycles. The summed E-state index contributed by atoms with van der Waals surface area (Å²) in [4.78, 5) is 36.3. The molecule has 2 fully saturated rings. The number of carbonyl (C=O) groups is 1. The van der Waals surface area contributed by atoms with Crippen molar-refractivity contribution in [3.63, 3.8) is 0 Å². The van der Waals surface area contributed by atoms with E-state index in [9.17, 15) is 9.59 Å². The molecule has 3 heterocycles. The predicted molar refractivity (Wildman–Crippen MR) is 148 cm³/mol. The average Bonchev–Trinajstić information content (AvgIpc) is 2.83. The van der Waals surface area contributed by atoms with Gasteiger partial charge in [0.05, 0.1) is 5.52 Å². The highest BCUT2D eigenvalue weighted by molar-refractivity contribution is 5.85. The quantitative estimate of drug-likeness (QED) is 0.484. The van der Waals surface area contributed by atoms with E-state index < -0.39 is 0 Å². The molecule has 1 amide bonds. The molecule has 1 saturated heterocycles. The third kappa shape index (κ3) is 5.26. The Bertz CT molecular complexity index is 1340. The van der Waals surface area contributed by atoms with Crippen LogP contribution in [0.15, 0.2) is 35.3 Å². The fourth-order valence-electron chi connectivity index (χ4n) is 4.98. The number of aromatic nitrogens is 3. The Balaban J connectivity index is 0.00000156. The van der Waals surface area contributed by atoms with Crippen LogP contribution in [0, 0.1) is 12.3 Å². The Labute approximate surface area is 218 Å². The van der Waals surface area contributed by atoms with Crippen molar-refractivity contribution in [2.75, 3.05) is 37.0 Å². The number of fused-ring (bicyclic) bond motifs is 1. The van der Waals surface area contributed by atoms with Crippen LogP contribution in [0.5, 0.6) is 5.75 Å². The van der Waals surface area contributed by atoms with Gasteiger partial charge in [-0.1, -0.05) is 20.3 Å². The Morgan fingerprint density at radius 1 is 1.19 bits per heavy atom. The molecule has 5 rings (SSSR count). The minimum atomic E-state index is -0.295. The first-order valence-corrected chi connectivity index (χ1v) is 13.2. The molecule has 2 aromatic heterocycles. The van der Waals surface area contributed by atoms with Gasteiger partial charge in [0.1, 0.15) is 5.82 Å². The maximum Gasteiger partial charge on any atom is 0.293 e. The first-order valence-electron chi connectivity index (χ1n) is 13.2. The lowest BCUT2D eigenvalue weighted by Crippen LogP contribution is -2.60. The Morgan fingerprint density at radius 3 is 2.54 bits per heavy atom. The number of amides is 1. The highest BCUT2D eigenvalue weighted by Crippen LogP contribution is 2.48. The number of anilines is 3. The van der Waals surface area contributed by atoms with Crippen molar-refractivity contribution in [3.8, 4) is 5.75 Å². The molecule has 1 spiro atoms. The first-order chi connectivity index (χ1) is 17.8. The van der Waals surface area contributed by atoms with Gasteiger partial charge in [0.2, 0.25) is 5.95 Å². The van der Waals surface area contributed by atoms with Crippen LogP contribution in [-0.4, -0.2) is 47.2 Å². The number of rotatable bonds is 7. The fourth-order valence-corrected chi connectivity index (χ4v) is 4.98. The fraction of sp³-hybridized carbons (Fsp3) is 0.500. The number of nitrogens with one attached hydrogen (secondary N) is 2. The summed E-state index contributed by atoms with van der Waals surface area (Å²) in [5.74, 6) is 1.37. The van der Waals surface area contributed by atoms with E-state index in [1.807, 2.05) is 59.0 Å². The van der Waals surface area contributed by atoms with E-state index in [-0.39, 0.29) is 29.9 Å². The topological polar surface area (TPSA) is 101 Å². The van der Waals surface area contributed by atoms with Gasteiger partial charge in [-0.05, 0) is 57.9 Å². The molecule has 0 atom stereocenters. The van der Waals surface area contributed by atoms with E-state index in [1.165, 1.54) is 26.3 Å². The molecular formula is C28H38N6O3. The summed E-state index contributed by atoms with van der Waals surface area (Å²) in [5, 5.41) is 6.76. The van der Waals surface area contributed by atoms with Crippen LogP contribution in [0.2, 0.25) is 0 Å². The second-order valence-corrected chi connectivity index (χ2v) is 10.0. The molecule has 9 heteroatoms. The standard InChI is InChI=1S/C26H32N6O3.C2H6/c1-16(2)32-20-7-6-19(10-18(20)11-21(24(32)34)35-13-22(33)27-4)29-23-17(3)12-28-25(30-23)31-14-26(15-31)8-5-9-26;1-2/h6-7,10-12,16H,5,8-9,13-15H2,1-4H3,(H,27,33)(H,28,29,30);1-2H3. The maximum absolute atomic E-state index is 13.0. The molecule has 198 valence electrons. The Hall–Kier alpha value is -3.62. The summed E-state index contributed by atoms with van der Waals surface area (Å²) in [7, 11) is 1.53. The Kier molecular flexibility index (Phi) is 7.71. The van der Waals surface area contributed by atoms with Gasteiger partial charge in [0, 0.05) is 54.4 Å². The number of hydrogen-bond donors (Lipinski definition) is 2. The van der Waals surface area contributed by atoms with Crippen LogP contribution in [0.4, 0.5) is 17.5 Å². The number of carbonyl (C=O) groups excluding carboxylic acids is 1. The second-order valence-electron chi connectivity index (χ2n) is 10.0. The summed E-state index contributed by atoms with van der Waals surface area (Å²) >= 11 is 0. The van der Waals surface area contributed by atoms with Gasteiger partial charge in [-0.2, -0.15) is 4.98 Å². The molecule has 0 unspecified atom stereocenters. The molecule has 0 radical (unpaired) electrons. The molecule has 37 heavy (non-hydrogen) atoms. The SMILES string of the molecule is CC.CNC(=O)COc1cc2cc(Nc3nc(N4CC5(CCC5)C4)ncc3C)ccc2n(C(C)C)c1=O. The van der Waals surface area contributed by atoms with Gasteiger partial charge in [-0.25, -0.2) is 4.98 Å². The molecule has 1 aliphatic heterocycles. The third-order valence-corrected chi connectivity index (χ3v) is 7.13. The minimum Gasteiger partial charge on any atom is -0.478 e. The molecule has 1 aromatic carbocycles. The number of likely N-dealkylation sites (N-methyl/N-ethyl adjacent to an activating group) is 1. The minimum absolute atomic E-state index is 0.0745. The summed E-state index contributed by atoms with van der Waals surface area (Å²) in [6.45, 7) is 11.7. The lowest BCUT2D eigenvalue weighted by atomic mass is 9.64. The number of benzene rings is 1. The van der Waals surface area contributed by atoms with Crippen molar-refractivity contribution in [1.82, 2.24) is 19.9 Å². The maximum atomic E-state index is 13.0. The van der Waals surface area contributed by atoms with Gasteiger partial charge >= 0.3 is 0 Å². The number of hydrogen-bond acceptors (Lipinski definition) is 7. The summed E-state index contributed by atoms with van der Waals surface area (Å²) in [5.41, 5.74) is 2.84. The average molecular weight is 507 g/mol. The normalized spacial score (nSPS) is 15.5. The van der Waals surface area contributed by atoms with Gasteiger partial charge in [-0.3, -0.25) is 9.59 Å². The van der Waals surface area contributed by atoms with Crippen LogP contribution >= 0.6 is 0 Å². The van der Waals surface area contributed by atoms with Crippen LogP contribution in [0.25, 0.3) is 10.9 Å². The van der Waals surface area contributed by atoms with Crippen LogP contribution < -0.4 is 25.8 Å². The van der Waals surface area contributed by atoms with Crippen molar-refractivity contribution in [2.24, 2.45) is 5.41 Å². The lowest BCUT2D eigenvalue weighted by molar-refractivity contribution is -0.122. The van der Waals surface area contributed by atoms with E-state index in [4.69, 9.17) is 9.72 Å². The van der Waals surface area contributed by atoms with Crippen LogP contribution in [0.3, 0.4) is 0 Å². The first kappa shape index (κ1) is 26.4. The number of nitrogens with zero attached hydrogens (tertiary/aromatic N) is 4. The number of pyridine rings is 1. The number of ether oxygens (including phenoxy) is 1. The molecule has 2 N–H and O–H groups in total. The molecule has 0 bridgehead atoms. The number of aryl methyl sites for hydroxylation is 1. The van der Waals surface area contributed by atoms with Crippen molar-refractivity contribution in [2.45, 2.75) is 59.9 Å². The zero-order valence-corrected chi connectivity index (χ0v) is 22.7. The monoisotopic (exact) mass is 506 g/mol. The lowest BCUT2D eigenvalue weighted by Gasteiger charge is -2.55. The van der Waals surface area contributed by atoms with Gasteiger partial charge < -0.3 is 24.8 Å². The van der Waals surface area contributed by atoms with Gasteiger partial charge in [0.15, 0.2) is 12.4 Å². The second kappa shape index (κ2) is 10.8. The summed E-state index contributed by atoms with van der Waals surface area (Å²) < 4.78 is 7.25. The van der Waals surface area contributed by atoms with E-state index in [1.54, 1.807) is 10.6 Å². The Morgan fingerprint density at radius 2 is 1.92 bits per heavy atom. The molecule has 3 aromatic rings. The summed E-state index contributed by atoms with van der Waals surface area (Å²) in [6, 6.07) is 7.46. The molecule has 2 aliphatic rings. The van der Waals surface area contributed by atoms with E-state index in [0.29, 0.717) is 5.41 Å². The van der Waals surface area contributed by atoms with Crippen LogP contribution in [0.1, 0.15) is 58.6 Å². The highest BCUT2D eigenvalue weighted by Gasteiger charge is 2.48. The van der Waals surface area contributed by atoms with E-state index in [2.05, 4.69) is 20.5 Å². The third-order valence-electron chi connectivity index (χ3n) is 7.13. The zero-order valence-electron chi connectivity index (χ0n) is 22.7. The molecular weight excluding hydrogens is 468 g/mol. The van der Waals surface area contributed by atoms with E-state index in [0.717, 1.165) is 47.0 Å². The van der Waals surface area contributed by atoms with Crippen molar-refractivity contribution < 1.29 is 9.53 Å². The van der Waals surface area contributed by atoms with Crippen molar-refractivity contribution in [3.05, 3.63) is 46.4 Å². The predicted octanol–water partition coefficient (Wildman–Crippen LogP) is 4.57. The van der Waals surface area contributed by atoms with Crippen molar-refractivity contribution >= 4 is 34.3 Å². The zero-order chi connectivity index (χ0) is 26.7. The highest BCUT2D eigenvalue weighted by atomic mass is 16.5. The molecule has 1 saturated carbocycles. The van der Waals surface area contributed by atoms with Gasteiger partial charge in [0.25, 0.3) is 11.5 Å². The smallest absolute Gasteiger partial charge is 0.293 e. The van der Waals surface area contributed by atoms with Crippen LogP contribution in [-0.2, 0) is 4.79 Å². The van der Waals surface area contributed by atoms with Gasteiger partial charge in [-0.15, -0.1) is 0 Å².